The minimum absolute atomic E-state index is 0.0363. The van der Waals surface area contributed by atoms with Gasteiger partial charge in [-0.1, -0.05) is 11.6 Å². The molecule has 0 aromatic heterocycles. The van der Waals surface area contributed by atoms with Crippen LogP contribution in [0.1, 0.15) is 11.1 Å². The summed E-state index contributed by atoms with van der Waals surface area (Å²) in [5, 5.41) is 9.47. The average Bonchev–Trinajstić information content (AvgIpc) is 2.60. The molecule has 2 aromatic carbocycles. The van der Waals surface area contributed by atoms with Gasteiger partial charge in [-0.3, -0.25) is 0 Å². The van der Waals surface area contributed by atoms with Crippen LogP contribution in [-0.2, 0) is 11.0 Å². The molecule has 0 spiro atoms. The van der Waals surface area contributed by atoms with E-state index in [1.807, 2.05) is 0 Å². The van der Waals surface area contributed by atoms with Crippen LogP contribution in [0.5, 0.6) is 11.5 Å². The van der Waals surface area contributed by atoms with E-state index in [-0.39, 0.29) is 16.3 Å². The van der Waals surface area contributed by atoms with Gasteiger partial charge in [0, 0.05) is 10.6 Å². The number of rotatable bonds is 3. The highest BCUT2D eigenvalue weighted by molar-refractivity contribution is 6.30. The molecular weight excluding hydrogens is 430 g/mol. The SMILES string of the molecule is O=C(O)C1=Cc2cc(Cl)ccc2OC1(Oc1ccc(C(F)(F)F)cc1)C(F)(F)F. The van der Waals surface area contributed by atoms with Crippen LogP contribution in [0.3, 0.4) is 0 Å². The number of carbonyl (C=O) groups is 1. The van der Waals surface area contributed by atoms with Crippen LogP contribution in [-0.4, -0.2) is 23.0 Å². The fraction of sp³-hybridized carbons (Fsp3) is 0.167. The summed E-state index contributed by atoms with van der Waals surface area (Å²) in [5.41, 5.74) is -2.48. The minimum atomic E-state index is -5.41. The Bertz CT molecular complexity index is 981. The first kappa shape index (κ1) is 20.8. The van der Waals surface area contributed by atoms with E-state index in [1.165, 1.54) is 12.1 Å². The molecule has 2 aromatic rings. The third-order valence-electron chi connectivity index (χ3n) is 3.93. The lowest BCUT2D eigenvalue weighted by Crippen LogP contribution is -2.59. The molecule has 1 aliphatic rings. The van der Waals surface area contributed by atoms with Crippen LogP contribution in [0.2, 0.25) is 5.02 Å². The standard InChI is InChI=1S/C18H9ClF6O4/c19-11-3-6-14-9(7-11)8-13(15(26)27)16(29-14,18(23,24)25)28-12-4-1-10(2-5-12)17(20,21)22/h1-8H,(H,26,27). The first-order valence-electron chi connectivity index (χ1n) is 7.70. The third kappa shape index (κ3) is 3.84. The maximum Gasteiger partial charge on any atom is 0.473 e. The van der Waals surface area contributed by atoms with Gasteiger partial charge in [-0.2, -0.15) is 26.3 Å². The van der Waals surface area contributed by atoms with Crippen LogP contribution in [0.25, 0.3) is 6.08 Å². The number of alkyl halides is 6. The predicted molar refractivity (Wildman–Crippen MR) is 88.6 cm³/mol. The largest absolute Gasteiger partial charge is 0.478 e. The van der Waals surface area contributed by atoms with E-state index < -0.39 is 41.0 Å². The summed E-state index contributed by atoms with van der Waals surface area (Å²) < 4.78 is 89.7. The lowest BCUT2D eigenvalue weighted by molar-refractivity contribution is -0.304. The molecule has 11 heteroatoms. The van der Waals surface area contributed by atoms with Crippen molar-refractivity contribution >= 4 is 23.6 Å². The quantitative estimate of drug-likeness (QED) is 0.638. The van der Waals surface area contributed by atoms with Crippen LogP contribution in [0, 0.1) is 0 Å². The summed E-state index contributed by atoms with van der Waals surface area (Å²) in [6.07, 6.45) is -9.44. The van der Waals surface area contributed by atoms with Crippen molar-refractivity contribution in [2.24, 2.45) is 0 Å². The van der Waals surface area contributed by atoms with Crippen molar-refractivity contribution in [2.75, 3.05) is 0 Å². The molecule has 0 fully saturated rings. The van der Waals surface area contributed by atoms with Gasteiger partial charge in [0.05, 0.1) is 5.56 Å². The molecule has 1 atom stereocenters. The first-order chi connectivity index (χ1) is 13.3. The van der Waals surface area contributed by atoms with E-state index in [0.717, 1.165) is 6.07 Å². The van der Waals surface area contributed by atoms with E-state index in [9.17, 15) is 36.2 Å². The van der Waals surface area contributed by atoms with Gasteiger partial charge in [0.1, 0.15) is 17.1 Å². The van der Waals surface area contributed by atoms with E-state index >= 15 is 0 Å². The second-order valence-corrected chi connectivity index (χ2v) is 6.32. The lowest BCUT2D eigenvalue weighted by atomic mass is 9.97. The van der Waals surface area contributed by atoms with Gasteiger partial charge in [0.25, 0.3) is 0 Å². The smallest absolute Gasteiger partial charge is 0.473 e. The Morgan fingerprint density at radius 1 is 1.03 bits per heavy atom. The molecule has 4 nitrogen and oxygen atoms in total. The molecular formula is C18H9ClF6O4. The number of fused-ring (bicyclic) bond motifs is 1. The molecule has 1 aliphatic heterocycles. The second kappa shape index (κ2) is 6.87. The summed E-state index contributed by atoms with van der Waals surface area (Å²) in [7, 11) is 0. The maximum absolute atomic E-state index is 14.0. The number of hydrogen-bond donors (Lipinski definition) is 1. The van der Waals surface area contributed by atoms with Gasteiger partial charge < -0.3 is 14.6 Å². The van der Waals surface area contributed by atoms with Crippen molar-refractivity contribution in [1.82, 2.24) is 0 Å². The molecule has 3 rings (SSSR count). The number of carboxylic acid groups (broad SMARTS) is 1. The number of hydrogen-bond acceptors (Lipinski definition) is 3. The van der Waals surface area contributed by atoms with Gasteiger partial charge in [-0.05, 0) is 48.5 Å². The van der Waals surface area contributed by atoms with Crippen molar-refractivity contribution < 1.29 is 45.7 Å². The monoisotopic (exact) mass is 438 g/mol. The molecule has 0 saturated carbocycles. The average molecular weight is 439 g/mol. The minimum Gasteiger partial charge on any atom is -0.478 e. The molecule has 0 bridgehead atoms. The maximum atomic E-state index is 14.0. The Balaban J connectivity index is 2.12. The van der Waals surface area contributed by atoms with Crippen molar-refractivity contribution in [1.29, 1.82) is 0 Å². The van der Waals surface area contributed by atoms with Crippen molar-refractivity contribution in [2.45, 2.75) is 18.1 Å². The summed E-state index contributed by atoms with van der Waals surface area (Å²) >= 11 is 5.77. The van der Waals surface area contributed by atoms with Gasteiger partial charge in [0.2, 0.25) is 0 Å². The highest BCUT2D eigenvalue weighted by Gasteiger charge is 2.66. The summed E-state index contributed by atoms with van der Waals surface area (Å²) in [6.45, 7) is 0. The van der Waals surface area contributed by atoms with Gasteiger partial charge >= 0.3 is 24.1 Å². The molecule has 1 N–H and O–H groups in total. The van der Waals surface area contributed by atoms with E-state index in [4.69, 9.17) is 21.1 Å². The van der Waals surface area contributed by atoms with Crippen molar-refractivity contribution in [3.05, 3.63) is 64.2 Å². The second-order valence-electron chi connectivity index (χ2n) is 5.89. The Labute approximate surface area is 163 Å². The van der Waals surface area contributed by atoms with Crippen LogP contribution < -0.4 is 9.47 Å². The number of benzene rings is 2. The normalized spacial score (nSPS) is 19.1. The highest BCUT2D eigenvalue weighted by atomic mass is 35.5. The number of ether oxygens (including phenoxy) is 2. The molecule has 0 saturated heterocycles. The molecule has 1 unspecified atom stereocenters. The van der Waals surface area contributed by atoms with Gasteiger partial charge in [-0.25, -0.2) is 4.79 Å². The third-order valence-corrected chi connectivity index (χ3v) is 4.16. The van der Waals surface area contributed by atoms with Crippen molar-refractivity contribution in [3.8, 4) is 11.5 Å². The molecule has 154 valence electrons. The highest BCUT2D eigenvalue weighted by Crippen LogP contribution is 2.47. The summed E-state index contributed by atoms with van der Waals surface area (Å²) in [4.78, 5) is 11.6. The zero-order valence-corrected chi connectivity index (χ0v) is 14.7. The fourth-order valence-corrected chi connectivity index (χ4v) is 2.79. The Morgan fingerprint density at radius 3 is 2.17 bits per heavy atom. The summed E-state index contributed by atoms with van der Waals surface area (Å²) in [5.74, 6) is -6.84. The predicted octanol–water partition coefficient (Wildman–Crippen LogP) is 5.56. The Hall–Kier alpha value is -2.88. The van der Waals surface area contributed by atoms with Crippen LogP contribution in [0.15, 0.2) is 48.0 Å². The van der Waals surface area contributed by atoms with Crippen LogP contribution >= 0.6 is 11.6 Å². The fourth-order valence-electron chi connectivity index (χ4n) is 2.61. The zero-order valence-electron chi connectivity index (χ0n) is 13.9. The molecule has 29 heavy (non-hydrogen) atoms. The zero-order chi connectivity index (χ0) is 21.6. The van der Waals surface area contributed by atoms with Crippen molar-refractivity contribution in [3.63, 3.8) is 0 Å². The number of aliphatic carboxylic acids is 1. The first-order valence-corrected chi connectivity index (χ1v) is 8.08. The number of halogens is 7. The van der Waals surface area contributed by atoms with E-state index in [2.05, 4.69) is 0 Å². The lowest BCUT2D eigenvalue weighted by Gasteiger charge is -2.38. The summed E-state index contributed by atoms with van der Waals surface area (Å²) in [6, 6.07) is 5.77. The molecule has 1 heterocycles. The van der Waals surface area contributed by atoms with E-state index in [1.54, 1.807) is 0 Å². The van der Waals surface area contributed by atoms with Crippen LogP contribution in [0.4, 0.5) is 26.3 Å². The Kier molecular flexibility index (Phi) is 4.94. The topological polar surface area (TPSA) is 55.8 Å². The Morgan fingerprint density at radius 2 is 1.66 bits per heavy atom. The molecule has 0 radical (unpaired) electrons. The van der Waals surface area contributed by atoms with Gasteiger partial charge in [-0.15, -0.1) is 0 Å². The molecule has 0 amide bonds. The van der Waals surface area contributed by atoms with Gasteiger partial charge in [0.15, 0.2) is 0 Å². The number of carboxylic acids is 1. The van der Waals surface area contributed by atoms with E-state index in [0.29, 0.717) is 30.3 Å². The molecule has 0 aliphatic carbocycles.